The van der Waals surface area contributed by atoms with Gasteiger partial charge in [0.25, 0.3) is 5.91 Å². The van der Waals surface area contributed by atoms with Gasteiger partial charge < -0.3 is 10.2 Å². The molecule has 1 fully saturated rings. The fraction of sp³-hybridized carbons (Fsp3) is 0.412. The summed E-state index contributed by atoms with van der Waals surface area (Å²) in [6, 6.07) is 8.25. The quantitative estimate of drug-likeness (QED) is 0.921. The highest BCUT2D eigenvalue weighted by atomic mass is 32.1. The lowest BCUT2D eigenvalue weighted by atomic mass is 9.99. The minimum atomic E-state index is -0.0975. The molecule has 0 spiro atoms. The zero-order valence-electron chi connectivity index (χ0n) is 12.8. The smallest absolute Gasteiger partial charge is 0.266 e. The van der Waals surface area contributed by atoms with Crippen molar-refractivity contribution < 1.29 is 4.79 Å². The molecule has 0 aromatic carbocycles. The number of nitrogens with zero attached hydrogens (tertiary/aromatic N) is 2. The van der Waals surface area contributed by atoms with E-state index in [1.807, 2.05) is 29.8 Å². The second kappa shape index (κ2) is 6.92. The molecule has 4 nitrogen and oxygen atoms in total. The number of carbonyl (C=O) groups excluding carboxylic acids is 1. The maximum atomic E-state index is 12.0. The maximum Gasteiger partial charge on any atom is 0.266 e. The van der Waals surface area contributed by atoms with Crippen molar-refractivity contribution in [2.24, 2.45) is 0 Å². The van der Waals surface area contributed by atoms with E-state index < -0.39 is 0 Å². The van der Waals surface area contributed by atoms with Crippen molar-refractivity contribution in [3.63, 3.8) is 0 Å². The van der Waals surface area contributed by atoms with Crippen LogP contribution < -0.4 is 10.2 Å². The Balaban J connectivity index is 1.68. The number of pyridine rings is 1. The summed E-state index contributed by atoms with van der Waals surface area (Å²) in [5.41, 5.74) is 1.15. The van der Waals surface area contributed by atoms with Gasteiger partial charge in [-0.3, -0.25) is 4.79 Å². The van der Waals surface area contributed by atoms with Gasteiger partial charge in [0.05, 0.1) is 16.8 Å². The molecule has 22 heavy (non-hydrogen) atoms. The summed E-state index contributed by atoms with van der Waals surface area (Å²) in [4.78, 5) is 19.6. The summed E-state index contributed by atoms with van der Waals surface area (Å²) in [5.74, 6) is 0.506. The first-order chi connectivity index (χ1) is 10.8. The average Bonchev–Trinajstić information content (AvgIpc) is 3.10. The Morgan fingerprint density at radius 1 is 1.41 bits per heavy atom. The van der Waals surface area contributed by atoms with Crippen LogP contribution in [0.5, 0.6) is 0 Å². The SMILES string of the molecule is CCC1CCCCN1c1ccc(NC(=O)c2cccs2)nc1. The first kappa shape index (κ1) is 15.0. The third-order valence-electron chi connectivity index (χ3n) is 4.16. The summed E-state index contributed by atoms with van der Waals surface area (Å²) in [6.45, 7) is 3.34. The molecule has 3 heterocycles. The molecule has 1 N–H and O–H groups in total. The fourth-order valence-corrected chi connectivity index (χ4v) is 3.60. The van der Waals surface area contributed by atoms with Crippen LogP contribution >= 0.6 is 11.3 Å². The summed E-state index contributed by atoms with van der Waals surface area (Å²) in [5, 5.41) is 4.74. The Morgan fingerprint density at radius 3 is 3.00 bits per heavy atom. The van der Waals surface area contributed by atoms with Crippen LogP contribution in [0.1, 0.15) is 42.3 Å². The molecule has 0 radical (unpaired) electrons. The summed E-state index contributed by atoms with van der Waals surface area (Å²) in [6.07, 6.45) is 6.85. The summed E-state index contributed by atoms with van der Waals surface area (Å²) >= 11 is 1.43. The lowest BCUT2D eigenvalue weighted by Gasteiger charge is -2.37. The fourth-order valence-electron chi connectivity index (χ4n) is 2.98. The molecule has 3 rings (SSSR count). The van der Waals surface area contributed by atoms with E-state index in [0.29, 0.717) is 16.7 Å². The highest BCUT2D eigenvalue weighted by molar-refractivity contribution is 7.12. The molecule has 1 saturated heterocycles. The Hall–Kier alpha value is -1.88. The molecule has 0 saturated carbocycles. The third-order valence-corrected chi connectivity index (χ3v) is 5.03. The van der Waals surface area contributed by atoms with Gasteiger partial charge in [0, 0.05) is 12.6 Å². The van der Waals surface area contributed by atoms with E-state index in [1.165, 1.54) is 30.6 Å². The van der Waals surface area contributed by atoms with Crippen molar-refractivity contribution >= 4 is 28.7 Å². The first-order valence-electron chi connectivity index (χ1n) is 7.85. The van der Waals surface area contributed by atoms with E-state index in [1.54, 1.807) is 0 Å². The second-order valence-electron chi connectivity index (χ2n) is 5.58. The van der Waals surface area contributed by atoms with E-state index >= 15 is 0 Å². The number of hydrogen-bond acceptors (Lipinski definition) is 4. The van der Waals surface area contributed by atoms with Crippen LogP contribution in [0.2, 0.25) is 0 Å². The third kappa shape index (κ3) is 3.30. The van der Waals surface area contributed by atoms with Crippen LogP contribution in [0.4, 0.5) is 11.5 Å². The number of hydrogen-bond donors (Lipinski definition) is 1. The Kier molecular flexibility index (Phi) is 4.73. The number of thiophene rings is 1. The van der Waals surface area contributed by atoms with Crippen molar-refractivity contribution in [2.75, 3.05) is 16.8 Å². The highest BCUT2D eigenvalue weighted by Crippen LogP contribution is 2.26. The van der Waals surface area contributed by atoms with Crippen LogP contribution in [0.25, 0.3) is 0 Å². The van der Waals surface area contributed by atoms with Crippen molar-refractivity contribution in [3.05, 3.63) is 40.7 Å². The Morgan fingerprint density at radius 2 is 2.32 bits per heavy atom. The maximum absolute atomic E-state index is 12.0. The second-order valence-corrected chi connectivity index (χ2v) is 6.53. The topological polar surface area (TPSA) is 45.2 Å². The monoisotopic (exact) mass is 315 g/mol. The zero-order valence-corrected chi connectivity index (χ0v) is 13.6. The van der Waals surface area contributed by atoms with Gasteiger partial charge in [-0.2, -0.15) is 0 Å². The van der Waals surface area contributed by atoms with Crippen molar-refractivity contribution in [1.82, 2.24) is 4.98 Å². The normalized spacial score (nSPS) is 18.2. The molecule has 116 valence electrons. The molecule has 5 heteroatoms. The molecule has 1 amide bonds. The molecule has 1 aliphatic rings. The number of anilines is 2. The Labute approximate surface area is 135 Å². The predicted octanol–water partition coefficient (Wildman–Crippen LogP) is 4.16. The molecular weight excluding hydrogens is 294 g/mol. The largest absolute Gasteiger partial charge is 0.367 e. The van der Waals surface area contributed by atoms with Crippen LogP contribution in [-0.2, 0) is 0 Å². The number of carbonyl (C=O) groups is 1. The van der Waals surface area contributed by atoms with E-state index in [4.69, 9.17) is 0 Å². The van der Waals surface area contributed by atoms with Gasteiger partial charge in [-0.1, -0.05) is 13.0 Å². The molecule has 0 aliphatic carbocycles. The van der Waals surface area contributed by atoms with Gasteiger partial charge in [0.2, 0.25) is 0 Å². The van der Waals surface area contributed by atoms with E-state index in [-0.39, 0.29) is 5.91 Å². The zero-order chi connectivity index (χ0) is 15.4. The number of aromatic nitrogens is 1. The van der Waals surface area contributed by atoms with Crippen molar-refractivity contribution in [2.45, 2.75) is 38.6 Å². The van der Waals surface area contributed by atoms with Crippen molar-refractivity contribution in [1.29, 1.82) is 0 Å². The molecule has 2 aromatic heterocycles. The van der Waals surface area contributed by atoms with E-state index in [9.17, 15) is 4.79 Å². The summed E-state index contributed by atoms with van der Waals surface area (Å²) < 4.78 is 0. The number of amides is 1. The Bertz CT molecular complexity index is 609. The first-order valence-corrected chi connectivity index (χ1v) is 8.73. The lowest BCUT2D eigenvalue weighted by molar-refractivity contribution is 0.103. The van der Waals surface area contributed by atoms with Gasteiger partial charge in [-0.25, -0.2) is 4.98 Å². The van der Waals surface area contributed by atoms with Gasteiger partial charge >= 0.3 is 0 Å². The highest BCUT2D eigenvalue weighted by Gasteiger charge is 2.21. The molecular formula is C17H21N3OS. The van der Waals surface area contributed by atoms with Crippen LogP contribution in [0.15, 0.2) is 35.8 Å². The van der Waals surface area contributed by atoms with Crippen LogP contribution in [0, 0.1) is 0 Å². The van der Waals surface area contributed by atoms with Gasteiger partial charge in [-0.05, 0) is 49.3 Å². The van der Waals surface area contributed by atoms with Crippen LogP contribution in [0.3, 0.4) is 0 Å². The molecule has 1 unspecified atom stereocenters. The minimum absolute atomic E-state index is 0.0975. The standard InChI is InChI=1S/C17H21N3OS/c1-2-13-6-3-4-10-20(13)14-8-9-16(18-12-14)19-17(21)15-7-5-11-22-15/h5,7-9,11-13H,2-4,6,10H2,1H3,(H,18,19,21). The lowest BCUT2D eigenvalue weighted by Crippen LogP contribution is -2.39. The summed E-state index contributed by atoms with van der Waals surface area (Å²) in [7, 11) is 0. The van der Waals surface area contributed by atoms with Gasteiger partial charge in [0.15, 0.2) is 0 Å². The average molecular weight is 315 g/mol. The van der Waals surface area contributed by atoms with Crippen molar-refractivity contribution in [3.8, 4) is 0 Å². The number of piperidine rings is 1. The van der Waals surface area contributed by atoms with Gasteiger partial charge in [-0.15, -0.1) is 11.3 Å². The van der Waals surface area contributed by atoms with E-state index in [0.717, 1.165) is 18.7 Å². The molecule has 2 aromatic rings. The predicted molar refractivity (Wildman–Crippen MR) is 91.8 cm³/mol. The molecule has 1 atom stereocenters. The van der Waals surface area contributed by atoms with E-state index in [2.05, 4.69) is 28.2 Å². The number of rotatable bonds is 4. The minimum Gasteiger partial charge on any atom is -0.367 e. The molecule has 1 aliphatic heterocycles. The van der Waals surface area contributed by atoms with Crippen LogP contribution in [-0.4, -0.2) is 23.5 Å². The van der Waals surface area contributed by atoms with Gasteiger partial charge in [0.1, 0.15) is 5.82 Å². The number of nitrogens with one attached hydrogen (secondary N) is 1. The molecule has 0 bridgehead atoms.